The van der Waals surface area contributed by atoms with Gasteiger partial charge in [0.2, 0.25) is 5.91 Å². The number of nitrogens with zero attached hydrogens (tertiary/aromatic N) is 1. The van der Waals surface area contributed by atoms with Crippen LogP contribution in [0.1, 0.15) is 25.3 Å². The van der Waals surface area contributed by atoms with E-state index in [1.54, 1.807) is 6.07 Å². The number of rotatable bonds is 4. The summed E-state index contributed by atoms with van der Waals surface area (Å²) in [6.45, 7) is 2.86. The molecule has 0 bridgehead atoms. The fourth-order valence-electron chi connectivity index (χ4n) is 2.81. The van der Waals surface area contributed by atoms with Gasteiger partial charge in [0.1, 0.15) is 5.69 Å². The molecule has 3 rings (SSSR count). The number of nitrogens with one attached hydrogen (secondary N) is 2. The molecule has 1 saturated heterocycles. The summed E-state index contributed by atoms with van der Waals surface area (Å²) in [5.74, 6) is 1.02. The molecule has 2 heterocycles. The van der Waals surface area contributed by atoms with Crippen molar-refractivity contribution in [1.29, 1.82) is 0 Å². The van der Waals surface area contributed by atoms with E-state index in [4.69, 9.17) is 0 Å². The van der Waals surface area contributed by atoms with Gasteiger partial charge < -0.3 is 10.6 Å². The number of fused-ring (bicyclic) bond motifs is 1. The van der Waals surface area contributed by atoms with Crippen LogP contribution in [0.5, 0.6) is 0 Å². The van der Waals surface area contributed by atoms with Crippen LogP contribution in [-0.4, -0.2) is 27.9 Å². The quantitative estimate of drug-likeness (QED) is 0.660. The lowest BCUT2D eigenvalue weighted by Gasteiger charge is -2.23. The van der Waals surface area contributed by atoms with Crippen molar-refractivity contribution in [2.45, 2.75) is 30.9 Å². The normalized spacial score (nSPS) is 23.8. The third-order valence-electron chi connectivity index (χ3n) is 4.00. The minimum atomic E-state index is -0.393. The van der Waals surface area contributed by atoms with E-state index in [0.29, 0.717) is 23.5 Å². The number of nitro groups is 1. The van der Waals surface area contributed by atoms with Crippen LogP contribution in [0.2, 0.25) is 0 Å². The monoisotopic (exact) mass is 307 g/mol. The van der Waals surface area contributed by atoms with Crippen molar-refractivity contribution < 1.29 is 9.72 Å². The van der Waals surface area contributed by atoms with Crippen LogP contribution in [0.3, 0.4) is 0 Å². The van der Waals surface area contributed by atoms with E-state index in [1.165, 1.54) is 12.5 Å². The molecule has 1 unspecified atom stereocenters. The predicted octanol–water partition coefficient (Wildman–Crippen LogP) is 2.79. The molecule has 112 valence electrons. The van der Waals surface area contributed by atoms with Gasteiger partial charge in [-0.3, -0.25) is 14.9 Å². The number of carbonyl (C=O) groups excluding carboxylic acids is 1. The highest BCUT2D eigenvalue weighted by atomic mass is 32.2. The fourth-order valence-corrected chi connectivity index (χ4v) is 4.06. The lowest BCUT2D eigenvalue weighted by molar-refractivity contribution is -0.384. The average molecular weight is 307 g/mol. The Hall–Kier alpha value is -1.76. The van der Waals surface area contributed by atoms with Gasteiger partial charge in [0.05, 0.1) is 11.3 Å². The molecule has 0 aromatic heterocycles. The van der Waals surface area contributed by atoms with Gasteiger partial charge in [-0.05, 0) is 37.1 Å². The summed E-state index contributed by atoms with van der Waals surface area (Å²) < 4.78 is 0.121. The topological polar surface area (TPSA) is 84.3 Å². The Labute approximate surface area is 126 Å². The number of anilines is 2. The van der Waals surface area contributed by atoms with Crippen LogP contribution in [0.25, 0.3) is 0 Å². The molecular weight excluding hydrogens is 290 g/mol. The summed E-state index contributed by atoms with van der Waals surface area (Å²) in [5.41, 5.74) is 1.89. The molecule has 1 atom stereocenters. The number of hydrogen-bond donors (Lipinski definition) is 2. The van der Waals surface area contributed by atoms with Gasteiger partial charge in [-0.2, -0.15) is 11.8 Å². The van der Waals surface area contributed by atoms with Crippen molar-refractivity contribution in [2.24, 2.45) is 0 Å². The van der Waals surface area contributed by atoms with Crippen LogP contribution in [-0.2, 0) is 11.2 Å². The van der Waals surface area contributed by atoms with Crippen molar-refractivity contribution in [1.82, 2.24) is 0 Å². The second-order valence-electron chi connectivity index (χ2n) is 5.76. The maximum Gasteiger partial charge on any atom is 0.292 e. The van der Waals surface area contributed by atoms with Crippen molar-refractivity contribution in [3.8, 4) is 0 Å². The van der Waals surface area contributed by atoms with E-state index in [1.807, 2.05) is 11.8 Å². The number of thioether (sulfide) groups is 1. The molecule has 0 spiro atoms. The first-order valence-electron chi connectivity index (χ1n) is 6.96. The lowest BCUT2D eigenvalue weighted by Crippen LogP contribution is -2.27. The summed E-state index contributed by atoms with van der Waals surface area (Å²) in [7, 11) is 0. The van der Waals surface area contributed by atoms with Crippen LogP contribution in [0.15, 0.2) is 12.1 Å². The molecular formula is C14H17N3O3S. The number of benzene rings is 1. The molecule has 1 aromatic carbocycles. The summed E-state index contributed by atoms with van der Waals surface area (Å²) in [5, 5.41) is 17.2. The number of carbonyl (C=O) groups is 1. The van der Waals surface area contributed by atoms with Gasteiger partial charge in [0, 0.05) is 23.0 Å². The molecule has 0 aliphatic carbocycles. The predicted molar refractivity (Wildman–Crippen MR) is 84.0 cm³/mol. The largest absolute Gasteiger partial charge is 0.378 e. The van der Waals surface area contributed by atoms with Crippen molar-refractivity contribution in [3.05, 3.63) is 27.8 Å². The maximum atomic E-state index is 11.4. The van der Waals surface area contributed by atoms with E-state index >= 15 is 0 Å². The van der Waals surface area contributed by atoms with Gasteiger partial charge in [0.25, 0.3) is 5.69 Å². The smallest absolute Gasteiger partial charge is 0.292 e. The molecule has 2 aliphatic heterocycles. The van der Waals surface area contributed by atoms with Gasteiger partial charge in [0.15, 0.2) is 0 Å². The Morgan fingerprint density at radius 1 is 1.52 bits per heavy atom. The molecule has 2 N–H and O–H groups in total. The zero-order valence-electron chi connectivity index (χ0n) is 11.8. The van der Waals surface area contributed by atoms with Crippen LogP contribution >= 0.6 is 11.8 Å². The fraction of sp³-hybridized carbons (Fsp3) is 0.500. The molecule has 2 aliphatic rings. The SMILES string of the molecule is CC1(CNc2cc3c(cc2[N+](=O)[O-])CC(=O)N3)CCCS1. The third kappa shape index (κ3) is 2.83. The standard InChI is InChI=1S/C14H17N3O3S/c1-14(3-2-4-21-14)8-15-11-7-10-9(6-13(18)16-10)5-12(11)17(19)20/h5,7,15H,2-4,6,8H2,1H3,(H,16,18). The van der Waals surface area contributed by atoms with Gasteiger partial charge in [-0.15, -0.1) is 0 Å². The minimum absolute atomic E-state index is 0.0387. The van der Waals surface area contributed by atoms with E-state index in [-0.39, 0.29) is 22.8 Å². The zero-order valence-corrected chi connectivity index (χ0v) is 12.6. The first-order chi connectivity index (χ1) is 9.97. The zero-order chi connectivity index (χ0) is 15.0. The average Bonchev–Trinajstić information content (AvgIpc) is 3.00. The molecule has 1 aromatic rings. The summed E-state index contributed by atoms with van der Waals surface area (Å²) in [6.07, 6.45) is 2.51. The Morgan fingerprint density at radius 3 is 3.00 bits per heavy atom. The molecule has 0 saturated carbocycles. The van der Waals surface area contributed by atoms with E-state index in [2.05, 4.69) is 17.6 Å². The highest BCUT2D eigenvalue weighted by Crippen LogP contribution is 2.39. The maximum absolute atomic E-state index is 11.4. The molecule has 1 fully saturated rings. The molecule has 6 nitrogen and oxygen atoms in total. The van der Waals surface area contributed by atoms with Gasteiger partial charge >= 0.3 is 0 Å². The number of nitro benzene ring substituents is 1. The molecule has 7 heteroatoms. The van der Waals surface area contributed by atoms with Crippen LogP contribution < -0.4 is 10.6 Å². The third-order valence-corrected chi connectivity index (χ3v) is 5.53. The molecule has 0 radical (unpaired) electrons. The minimum Gasteiger partial charge on any atom is -0.378 e. The molecule has 21 heavy (non-hydrogen) atoms. The highest BCUT2D eigenvalue weighted by molar-refractivity contribution is 8.00. The highest BCUT2D eigenvalue weighted by Gasteiger charge is 2.31. The van der Waals surface area contributed by atoms with Gasteiger partial charge in [-0.25, -0.2) is 0 Å². The second-order valence-corrected chi connectivity index (χ2v) is 7.45. The van der Waals surface area contributed by atoms with Crippen molar-refractivity contribution in [2.75, 3.05) is 22.9 Å². The van der Waals surface area contributed by atoms with Crippen molar-refractivity contribution in [3.63, 3.8) is 0 Å². The second kappa shape index (κ2) is 5.22. The molecule has 1 amide bonds. The first-order valence-corrected chi connectivity index (χ1v) is 7.94. The number of hydrogen-bond acceptors (Lipinski definition) is 5. The first kappa shape index (κ1) is 14.2. The van der Waals surface area contributed by atoms with Crippen molar-refractivity contribution >= 4 is 34.7 Å². The Balaban J connectivity index is 1.85. The van der Waals surface area contributed by atoms with Gasteiger partial charge in [-0.1, -0.05) is 0 Å². The van der Waals surface area contributed by atoms with E-state index in [0.717, 1.165) is 12.2 Å². The van der Waals surface area contributed by atoms with E-state index < -0.39 is 4.92 Å². The summed E-state index contributed by atoms with van der Waals surface area (Å²) in [6, 6.07) is 3.18. The Bertz CT molecular complexity index is 612. The Kier molecular flexibility index (Phi) is 3.52. The van der Waals surface area contributed by atoms with Crippen LogP contribution in [0.4, 0.5) is 17.1 Å². The Morgan fingerprint density at radius 2 is 2.33 bits per heavy atom. The number of amides is 1. The van der Waals surface area contributed by atoms with Crippen LogP contribution in [0, 0.1) is 10.1 Å². The van der Waals surface area contributed by atoms with E-state index in [9.17, 15) is 14.9 Å². The summed E-state index contributed by atoms with van der Waals surface area (Å²) in [4.78, 5) is 22.2. The lowest BCUT2D eigenvalue weighted by atomic mass is 10.1. The summed E-state index contributed by atoms with van der Waals surface area (Å²) >= 11 is 1.90.